The Hall–Kier alpha value is -3.83. The topological polar surface area (TPSA) is 38.9 Å². The number of benzene rings is 4. The fourth-order valence-electron chi connectivity index (χ4n) is 7.08. The first-order chi connectivity index (χ1) is 23.8. The standard InChI is InChI=1S/C28H24NO.C18H24GeN.Ir/c1-16-8-9-29-25(14-16)24-13-18(3)12-23-22-7-6-21(15-26(22)30-28(23)24)27-19(4)10-17(2)11-20(27)5;1-14(2)11-16-12-18(15-9-7-6-8-10-15)20-13-17(16)19(3,4)5;/h6-12,14-15H,1-5H3;6-9,12-14H,11H2,1-5H3;/q2*-1;. The van der Waals surface area contributed by atoms with Crippen molar-refractivity contribution in [3.8, 4) is 33.6 Å². The molecule has 4 aromatic carbocycles. The molecule has 7 rings (SSSR count). The molecule has 0 N–H and O–H groups in total. The molecule has 0 atom stereocenters. The van der Waals surface area contributed by atoms with Crippen LogP contribution in [0.1, 0.15) is 47.2 Å². The van der Waals surface area contributed by atoms with Crippen molar-refractivity contribution in [2.75, 3.05) is 0 Å². The minimum absolute atomic E-state index is 0. The Balaban J connectivity index is 0.000000211. The van der Waals surface area contributed by atoms with E-state index >= 15 is 0 Å². The third-order valence-corrected chi connectivity index (χ3v) is 13.5. The quantitative estimate of drug-likeness (QED) is 0.123. The summed E-state index contributed by atoms with van der Waals surface area (Å²) < 4.78 is 7.97. The first-order valence-electron chi connectivity index (χ1n) is 17.7. The zero-order valence-electron chi connectivity index (χ0n) is 31.6. The number of fused-ring (bicyclic) bond motifs is 3. The number of aryl methyl sites for hydroxylation is 5. The van der Waals surface area contributed by atoms with Crippen molar-refractivity contribution in [1.29, 1.82) is 0 Å². The van der Waals surface area contributed by atoms with Crippen molar-refractivity contribution in [3.05, 3.63) is 137 Å². The molecule has 0 saturated carbocycles. The molecule has 0 aliphatic carbocycles. The molecule has 0 amide bonds. The van der Waals surface area contributed by atoms with E-state index in [2.05, 4.69) is 144 Å². The molecule has 263 valence electrons. The summed E-state index contributed by atoms with van der Waals surface area (Å²) in [4.78, 5) is 9.28. The zero-order chi connectivity index (χ0) is 35.7. The van der Waals surface area contributed by atoms with Gasteiger partial charge in [-0.3, -0.25) is 0 Å². The van der Waals surface area contributed by atoms with Crippen LogP contribution in [-0.2, 0) is 26.5 Å². The summed E-state index contributed by atoms with van der Waals surface area (Å²) in [5.41, 5.74) is 15.8. The summed E-state index contributed by atoms with van der Waals surface area (Å²) in [5, 5.41) is 2.24. The Labute approximate surface area is 320 Å². The van der Waals surface area contributed by atoms with Crippen LogP contribution in [0, 0.1) is 52.7 Å². The first kappa shape index (κ1) is 38.4. The van der Waals surface area contributed by atoms with E-state index in [-0.39, 0.29) is 20.1 Å². The predicted molar refractivity (Wildman–Crippen MR) is 215 cm³/mol. The predicted octanol–water partition coefficient (Wildman–Crippen LogP) is 11.9. The number of nitrogens with zero attached hydrogens (tertiary/aromatic N) is 2. The summed E-state index contributed by atoms with van der Waals surface area (Å²) in [5.74, 6) is 7.99. The maximum Gasteiger partial charge on any atom is 0.121 e. The molecule has 1 radical (unpaired) electrons. The molecule has 0 bridgehead atoms. The van der Waals surface area contributed by atoms with Crippen LogP contribution in [0.4, 0.5) is 0 Å². The summed E-state index contributed by atoms with van der Waals surface area (Å²) in [6, 6.07) is 34.4. The smallest absolute Gasteiger partial charge is 0.121 e. The van der Waals surface area contributed by atoms with Gasteiger partial charge in [0.05, 0.1) is 5.58 Å². The van der Waals surface area contributed by atoms with Gasteiger partial charge in [-0.25, -0.2) is 0 Å². The average molecular weight is 910 g/mol. The van der Waals surface area contributed by atoms with Gasteiger partial charge in [0.15, 0.2) is 0 Å². The zero-order valence-corrected chi connectivity index (χ0v) is 36.1. The minimum Gasteiger partial charge on any atom is -0.501 e. The van der Waals surface area contributed by atoms with E-state index in [1.807, 2.05) is 30.5 Å². The third-order valence-electron chi connectivity index (χ3n) is 9.19. The fraction of sp³-hybridized carbons (Fsp3) is 0.261. The van der Waals surface area contributed by atoms with Crippen molar-refractivity contribution < 1.29 is 24.5 Å². The van der Waals surface area contributed by atoms with E-state index in [0.29, 0.717) is 5.92 Å². The second kappa shape index (κ2) is 15.8. The van der Waals surface area contributed by atoms with Crippen LogP contribution < -0.4 is 4.40 Å². The van der Waals surface area contributed by atoms with Gasteiger partial charge in [-0.05, 0) is 67.8 Å². The van der Waals surface area contributed by atoms with Gasteiger partial charge in [0.25, 0.3) is 0 Å². The van der Waals surface area contributed by atoms with Crippen molar-refractivity contribution >= 4 is 39.6 Å². The summed E-state index contributed by atoms with van der Waals surface area (Å²) in [7, 11) is 0. The van der Waals surface area contributed by atoms with Crippen LogP contribution in [0.25, 0.3) is 55.6 Å². The maximum absolute atomic E-state index is 6.43. The molecule has 0 saturated heterocycles. The Morgan fingerprint density at radius 3 is 2.16 bits per heavy atom. The molecule has 0 aliphatic rings. The van der Waals surface area contributed by atoms with E-state index in [1.54, 1.807) is 4.40 Å². The summed E-state index contributed by atoms with van der Waals surface area (Å²) in [6.45, 7) is 15.2. The molecule has 0 aliphatic heterocycles. The van der Waals surface area contributed by atoms with Gasteiger partial charge in [-0.15, -0.1) is 17.7 Å². The van der Waals surface area contributed by atoms with Crippen molar-refractivity contribution in [3.63, 3.8) is 0 Å². The largest absolute Gasteiger partial charge is 0.501 e. The molecule has 0 fully saturated rings. The van der Waals surface area contributed by atoms with Crippen LogP contribution in [-0.4, -0.2) is 23.2 Å². The van der Waals surface area contributed by atoms with Crippen LogP contribution in [0.3, 0.4) is 0 Å². The summed E-state index contributed by atoms with van der Waals surface area (Å²) in [6.07, 6.45) is 5.12. The normalized spacial score (nSPS) is 11.4. The molecule has 3 heterocycles. The number of rotatable bonds is 6. The number of aromatic nitrogens is 2. The van der Waals surface area contributed by atoms with E-state index in [1.165, 1.54) is 38.9 Å². The molecule has 0 spiro atoms. The van der Waals surface area contributed by atoms with Gasteiger partial charge >= 0.3 is 126 Å². The van der Waals surface area contributed by atoms with Gasteiger partial charge in [-0.2, -0.15) is 0 Å². The number of pyridine rings is 2. The number of hydrogen-bond donors (Lipinski definition) is 0. The van der Waals surface area contributed by atoms with E-state index < -0.39 is 13.3 Å². The van der Waals surface area contributed by atoms with Crippen LogP contribution in [0.2, 0.25) is 17.3 Å². The van der Waals surface area contributed by atoms with Gasteiger partial charge in [0, 0.05) is 31.7 Å². The molecule has 5 heteroatoms. The average Bonchev–Trinajstić information content (AvgIpc) is 3.41. The first-order valence-corrected chi connectivity index (χ1v) is 25.0. The van der Waals surface area contributed by atoms with E-state index in [0.717, 1.165) is 56.4 Å². The van der Waals surface area contributed by atoms with E-state index in [4.69, 9.17) is 9.40 Å². The van der Waals surface area contributed by atoms with Gasteiger partial charge in [0.2, 0.25) is 0 Å². The number of hydrogen-bond acceptors (Lipinski definition) is 3. The number of furan rings is 1. The second-order valence-corrected chi connectivity index (χ2v) is 25.8. The monoisotopic (exact) mass is 911 g/mol. The molecular weight excluding hydrogens is 861 g/mol. The second-order valence-electron chi connectivity index (χ2n) is 15.2. The Bertz CT molecular complexity index is 2290. The third kappa shape index (κ3) is 8.63. The van der Waals surface area contributed by atoms with Gasteiger partial charge in [0.1, 0.15) is 5.58 Å². The summed E-state index contributed by atoms with van der Waals surface area (Å²) >= 11 is -1.86. The van der Waals surface area contributed by atoms with Crippen LogP contribution in [0.15, 0.2) is 95.7 Å². The van der Waals surface area contributed by atoms with Crippen LogP contribution in [0.5, 0.6) is 0 Å². The molecule has 51 heavy (non-hydrogen) atoms. The van der Waals surface area contributed by atoms with Crippen molar-refractivity contribution in [2.24, 2.45) is 5.92 Å². The molecular formula is C46H48GeIrN2O-2. The fourth-order valence-corrected chi connectivity index (χ4v) is 10.4. The molecule has 7 aromatic rings. The minimum atomic E-state index is -1.86. The SMILES string of the molecule is CC(C)Cc1cc(-c2[c-]cccc2)nc[c]1[Ge]([CH3])([CH3])[CH3].Cc1[c-]c(-c2cc(C)ccn2)c2oc3cc(-c4c(C)cc(C)cc4C)ccc3c2c1.[Ir]. The van der Waals surface area contributed by atoms with Crippen molar-refractivity contribution in [1.82, 2.24) is 9.97 Å². The van der Waals surface area contributed by atoms with Gasteiger partial charge < -0.3 is 9.40 Å². The molecule has 0 unspecified atom stereocenters. The van der Waals surface area contributed by atoms with Crippen LogP contribution >= 0.6 is 0 Å². The maximum atomic E-state index is 6.43. The Kier molecular flexibility index (Phi) is 11.9. The van der Waals surface area contributed by atoms with Crippen molar-refractivity contribution in [2.45, 2.75) is 72.2 Å². The molecule has 3 nitrogen and oxygen atoms in total. The Morgan fingerprint density at radius 2 is 1.51 bits per heavy atom. The van der Waals surface area contributed by atoms with E-state index in [9.17, 15) is 0 Å². The Morgan fingerprint density at radius 1 is 0.765 bits per heavy atom. The van der Waals surface area contributed by atoms with Gasteiger partial charge in [-0.1, -0.05) is 59.3 Å². The molecule has 3 aromatic heterocycles.